The lowest BCUT2D eigenvalue weighted by atomic mass is 9.90. The molecule has 1 aliphatic rings. The second kappa shape index (κ2) is 9.31. The second-order valence-electron chi connectivity index (χ2n) is 7.99. The Balaban J connectivity index is 1.86. The number of pyridine rings is 1. The maximum atomic E-state index is 13.8. The zero-order valence-corrected chi connectivity index (χ0v) is 20.3. The van der Waals surface area contributed by atoms with E-state index in [0.717, 1.165) is 21.9 Å². The molecule has 0 N–H and O–H groups in total. The first-order valence-corrected chi connectivity index (χ1v) is 12.0. The number of hydrogen-bond acceptors (Lipinski definition) is 7. The highest BCUT2D eigenvalue weighted by molar-refractivity contribution is 7.07. The minimum absolute atomic E-state index is 0.209. The van der Waals surface area contributed by atoms with Crippen molar-refractivity contribution in [3.05, 3.63) is 103 Å². The van der Waals surface area contributed by atoms with E-state index in [-0.39, 0.29) is 12.2 Å². The smallest absolute Gasteiger partial charge is 0.338 e. The highest BCUT2D eigenvalue weighted by Crippen LogP contribution is 2.40. The van der Waals surface area contributed by atoms with Gasteiger partial charge in [-0.25, -0.2) is 9.79 Å². The Kier molecular flexibility index (Phi) is 6.05. The molecule has 8 heteroatoms. The number of esters is 1. The van der Waals surface area contributed by atoms with Crippen LogP contribution in [0.2, 0.25) is 0 Å². The predicted octanol–water partition coefficient (Wildman–Crippen LogP) is 3.36. The summed E-state index contributed by atoms with van der Waals surface area (Å²) in [7, 11) is 1.58. The summed E-state index contributed by atoms with van der Waals surface area (Å²) in [6.07, 6.45) is 5.16. The van der Waals surface area contributed by atoms with Crippen LogP contribution in [0.5, 0.6) is 5.75 Å². The quantitative estimate of drug-likeness (QED) is 0.405. The molecule has 0 amide bonds. The van der Waals surface area contributed by atoms with E-state index in [4.69, 9.17) is 9.47 Å². The summed E-state index contributed by atoms with van der Waals surface area (Å²) in [6, 6.07) is 14.6. The van der Waals surface area contributed by atoms with Gasteiger partial charge in [0, 0.05) is 18.0 Å². The average Bonchev–Trinajstić information content (AvgIpc) is 3.17. The summed E-state index contributed by atoms with van der Waals surface area (Å²) < 4.78 is 13.3. The Morgan fingerprint density at radius 1 is 1.17 bits per heavy atom. The van der Waals surface area contributed by atoms with Crippen LogP contribution in [0.3, 0.4) is 0 Å². The summed E-state index contributed by atoms with van der Waals surface area (Å²) >= 11 is 1.28. The SMILES string of the molecule is CCOC(=O)C1=C(C)N=c2s/c(=C/c3cccnc3)c(=O)n2[C@@H]1c1c(OC)ccc2ccccc12. The van der Waals surface area contributed by atoms with E-state index in [9.17, 15) is 9.59 Å². The van der Waals surface area contributed by atoms with Crippen molar-refractivity contribution >= 4 is 34.2 Å². The first-order valence-electron chi connectivity index (χ1n) is 11.2. The zero-order chi connectivity index (χ0) is 24.5. The second-order valence-corrected chi connectivity index (χ2v) is 9.00. The first-order chi connectivity index (χ1) is 17.0. The number of carbonyl (C=O) groups excluding carboxylic acids is 1. The van der Waals surface area contributed by atoms with Crippen LogP contribution < -0.4 is 19.6 Å². The number of benzene rings is 2. The monoisotopic (exact) mass is 485 g/mol. The fourth-order valence-electron chi connectivity index (χ4n) is 4.41. The topological polar surface area (TPSA) is 82.8 Å². The fraction of sp³-hybridized carbons (Fsp3) is 0.185. The third-order valence-corrected chi connectivity index (χ3v) is 6.91. The summed E-state index contributed by atoms with van der Waals surface area (Å²) in [6.45, 7) is 3.74. The van der Waals surface area contributed by atoms with Crippen LogP contribution in [0.15, 0.2) is 82.0 Å². The number of ether oxygens (including phenoxy) is 2. The molecule has 0 radical (unpaired) electrons. The van der Waals surface area contributed by atoms with Crippen LogP contribution in [0.1, 0.15) is 31.0 Å². The summed E-state index contributed by atoms with van der Waals surface area (Å²) in [4.78, 5) is 36.3. The number of carbonyl (C=O) groups is 1. The molecule has 176 valence electrons. The standard InChI is InChI=1S/C27H23N3O4S/c1-4-34-26(32)22-16(2)29-27-30(25(31)21(35-27)14-17-8-7-13-28-15-17)24(22)23-19-10-6-5-9-18(19)11-12-20(23)33-3/h5-15,24H,4H2,1-3H3/b21-14+/t24-/m0/s1. The number of rotatable bonds is 5. The number of aromatic nitrogens is 2. The van der Waals surface area contributed by atoms with E-state index >= 15 is 0 Å². The highest BCUT2D eigenvalue weighted by atomic mass is 32.1. The molecule has 2 aromatic carbocycles. The van der Waals surface area contributed by atoms with Crippen LogP contribution in [-0.4, -0.2) is 29.2 Å². The van der Waals surface area contributed by atoms with Gasteiger partial charge in [0.05, 0.1) is 29.5 Å². The molecule has 1 atom stereocenters. The Hall–Kier alpha value is -4.04. The number of methoxy groups -OCH3 is 1. The lowest BCUT2D eigenvalue weighted by molar-refractivity contribution is -0.139. The molecule has 0 fully saturated rings. The molecule has 0 unspecified atom stereocenters. The van der Waals surface area contributed by atoms with Gasteiger partial charge in [-0.2, -0.15) is 0 Å². The number of hydrogen-bond donors (Lipinski definition) is 0. The molecule has 0 bridgehead atoms. The van der Waals surface area contributed by atoms with Gasteiger partial charge < -0.3 is 9.47 Å². The third kappa shape index (κ3) is 3.95. The van der Waals surface area contributed by atoms with Crippen molar-refractivity contribution in [2.45, 2.75) is 19.9 Å². The molecule has 5 rings (SSSR count). The number of allylic oxidation sites excluding steroid dienone is 1. The molecular formula is C27H23N3O4S. The maximum absolute atomic E-state index is 13.8. The third-order valence-electron chi connectivity index (χ3n) is 5.92. The molecule has 1 aliphatic heterocycles. The molecule has 0 aliphatic carbocycles. The van der Waals surface area contributed by atoms with Crippen LogP contribution in [0.25, 0.3) is 16.8 Å². The molecule has 0 spiro atoms. The van der Waals surface area contributed by atoms with Gasteiger partial charge in [0.2, 0.25) is 0 Å². The van der Waals surface area contributed by atoms with Gasteiger partial charge in [0.25, 0.3) is 5.56 Å². The molecule has 2 aromatic heterocycles. The van der Waals surface area contributed by atoms with E-state index in [1.807, 2.05) is 48.5 Å². The van der Waals surface area contributed by atoms with Crippen molar-refractivity contribution in [1.82, 2.24) is 9.55 Å². The van der Waals surface area contributed by atoms with Gasteiger partial charge in [-0.1, -0.05) is 47.7 Å². The molecule has 4 aromatic rings. The number of thiazole rings is 1. The van der Waals surface area contributed by atoms with E-state index in [1.165, 1.54) is 11.3 Å². The first kappa shape index (κ1) is 22.7. The van der Waals surface area contributed by atoms with Gasteiger partial charge in [0.15, 0.2) is 4.80 Å². The molecule has 3 heterocycles. The highest BCUT2D eigenvalue weighted by Gasteiger charge is 2.36. The molecule has 0 saturated carbocycles. The number of nitrogens with zero attached hydrogens (tertiary/aromatic N) is 3. The van der Waals surface area contributed by atoms with Crippen molar-refractivity contribution in [3.8, 4) is 5.75 Å². The van der Waals surface area contributed by atoms with Crippen molar-refractivity contribution in [3.63, 3.8) is 0 Å². The van der Waals surface area contributed by atoms with Crippen LogP contribution >= 0.6 is 11.3 Å². The molecule has 0 saturated heterocycles. The van der Waals surface area contributed by atoms with Crippen LogP contribution in [-0.2, 0) is 9.53 Å². The lowest BCUT2D eigenvalue weighted by Gasteiger charge is -2.27. The molecule has 35 heavy (non-hydrogen) atoms. The Labute approximate surface area is 205 Å². The summed E-state index contributed by atoms with van der Waals surface area (Å²) in [5.41, 5.74) is 2.11. The summed E-state index contributed by atoms with van der Waals surface area (Å²) in [5, 5.41) is 1.86. The largest absolute Gasteiger partial charge is 0.496 e. The van der Waals surface area contributed by atoms with E-state index < -0.39 is 12.0 Å². The Morgan fingerprint density at radius 3 is 2.74 bits per heavy atom. The van der Waals surface area contributed by atoms with Crippen molar-refractivity contribution in [2.24, 2.45) is 4.99 Å². The van der Waals surface area contributed by atoms with E-state index in [1.54, 1.807) is 44.0 Å². The molecule has 7 nitrogen and oxygen atoms in total. The van der Waals surface area contributed by atoms with E-state index in [0.29, 0.717) is 26.4 Å². The zero-order valence-electron chi connectivity index (χ0n) is 19.5. The van der Waals surface area contributed by atoms with Crippen LogP contribution in [0, 0.1) is 0 Å². The van der Waals surface area contributed by atoms with Gasteiger partial charge >= 0.3 is 5.97 Å². The number of fused-ring (bicyclic) bond motifs is 2. The minimum Gasteiger partial charge on any atom is -0.496 e. The summed E-state index contributed by atoms with van der Waals surface area (Å²) in [5.74, 6) is 0.0716. The van der Waals surface area contributed by atoms with Gasteiger partial charge in [-0.15, -0.1) is 0 Å². The van der Waals surface area contributed by atoms with E-state index in [2.05, 4.69) is 9.98 Å². The van der Waals surface area contributed by atoms with Gasteiger partial charge in [0.1, 0.15) is 11.8 Å². The fourth-order valence-corrected chi connectivity index (χ4v) is 5.46. The van der Waals surface area contributed by atoms with Crippen molar-refractivity contribution < 1.29 is 14.3 Å². The average molecular weight is 486 g/mol. The van der Waals surface area contributed by atoms with Crippen molar-refractivity contribution in [1.29, 1.82) is 0 Å². The normalized spacial score (nSPS) is 15.6. The maximum Gasteiger partial charge on any atom is 0.338 e. The van der Waals surface area contributed by atoms with Crippen molar-refractivity contribution in [2.75, 3.05) is 13.7 Å². The molecular weight excluding hydrogens is 462 g/mol. The van der Waals surface area contributed by atoms with Crippen LogP contribution in [0.4, 0.5) is 0 Å². The van der Waals surface area contributed by atoms with Gasteiger partial charge in [-0.05, 0) is 48.4 Å². The minimum atomic E-state index is -0.762. The Morgan fingerprint density at radius 2 is 2.00 bits per heavy atom. The predicted molar refractivity (Wildman–Crippen MR) is 135 cm³/mol. The van der Waals surface area contributed by atoms with Gasteiger partial charge in [-0.3, -0.25) is 14.3 Å². The Bertz CT molecular complexity index is 1650. The lowest BCUT2D eigenvalue weighted by Crippen LogP contribution is -2.40.